The van der Waals surface area contributed by atoms with Crippen molar-refractivity contribution in [2.75, 3.05) is 13.7 Å². The van der Waals surface area contributed by atoms with E-state index < -0.39 is 0 Å². The van der Waals surface area contributed by atoms with Crippen molar-refractivity contribution in [1.82, 2.24) is 4.90 Å². The first-order valence-corrected chi connectivity index (χ1v) is 6.72. The topological polar surface area (TPSA) is 55.6 Å². The summed E-state index contributed by atoms with van der Waals surface area (Å²) in [7, 11) is 1.66. The van der Waals surface area contributed by atoms with Gasteiger partial charge in [0.15, 0.2) is 0 Å². The van der Waals surface area contributed by atoms with Crippen molar-refractivity contribution in [3.8, 4) is 5.75 Å². The number of likely N-dealkylation sites (tertiary alicyclic amines) is 1. The van der Waals surface area contributed by atoms with E-state index in [2.05, 4.69) is 13.0 Å². The summed E-state index contributed by atoms with van der Waals surface area (Å²) in [5.41, 5.74) is 8.13. The van der Waals surface area contributed by atoms with E-state index in [0.717, 1.165) is 24.2 Å². The Morgan fingerprint density at radius 3 is 2.74 bits per heavy atom. The molecule has 2 rings (SSSR count). The van der Waals surface area contributed by atoms with Crippen molar-refractivity contribution in [2.45, 2.75) is 38.8 Å². The Hall–Kier alpha value is -1.55. The van der Waals surface area contributed by atoms with Gasteiger partial charge in [-0.1, -0.05) is 6.07 Å². The predicted octanol–water partition coefficient (Wildman–Crippen LogP) is 2.01. The minimum absolute atomic E-state index is 0.105. The highest BCUT2D eigenvalue weighted by Crippen LogP contribution is 2.38. The normalized spacial score (nSPS) is 22.6. The van der Waals surface area contributed by atoms with Crippen LogP contribution in [-0.4, -0.2) is 30.5 Å². The van der Waals surface area contributed by atoms with E-state index in [4.69, 9.17) is 10.5 Å². The fourth-order valence-electron chi connectivity index (χ4n) is 3.05. The third kappa shape index (κ3) is 2.59. The van der Waals surface area contributed by atoms with Crippen molar-refractivity contribution in [3.05, 3.63) is 29.3 Å². The van der Waals surface area contributed by atoms with Gasteiger partial charge < -0.3 is 15.4 Å². The summed E-state index contributed by atoms with van der Waals surface area (Å²) in [4.78, 5) is 13.8. The molecule has 0 saturated carbocycles. The highest BCUT2D eigenvalue weighted by molar-refractivity contribution is 5.74. The second-order valence-electron chi connectivity index (χ2n) is 5.13. The number of benzene rings is 1. The van der Waals surface area contributed by atoms with E-state index in [-0.39, 0.29) is 18.0 Å². The van der Waals surface area contributed by atoms with Crippen LogP contribution < -0.4 is 10.5 Å². The Kier molecular flexibility index (Phi) is 4.10. The molecule has 104 valence electrons. The SMILES string of the molecule is COc1ccc(C2CCC(CN)N2C(C)=O)c(C)c1. The molecule has 1 aliphatic heterocycles. The third-order valence-electron chi connectivity index (χ3n) is 3.97. The molecule has 4 heteroatoms. The average Bonchev–Trinajstić information content (AvgIpc) is 2.82. The van der Waals surface area contributed by atoms with Crippen LogP contribution in [0.25, 0.3) is 0 Å². The summed E-state index contributed by atoms with van der Waals surface area (Å²) in [5.74, 6) is 0.956. The fraction of sp³-hybridized carbons (Fsp3) is 0.533. The van der Waals surface area contributed by atoms with Gasteiger partial charge in [-0.05, 0) is 43.0 Å². The smallest absolute Gasteiger partial charge is 0.220 e. The Balaban J connectivity index is 2.33. The molecule has 1 saturated heterocycles. The molecule has 4 nitrogen and oxygen atoms in total. The van der Waals surface area contributed by atoms with E-state index in [9.17, 15) is 4.79 Å². The molecular weight excluding hydrogens is 240 g/mol. The van der Waals surface area contributed by atoms with Gasteiger partial charge in [-0.25, -0.2) is 0 Å². The van der Waals surface area contributed by atoms with Crippen molar-refractivity contribution >= 4 is 5.91 Å². The lowest BCUT2D eigenvalue weighted by Crippen LogP contribution is -2.40. The molecule has 0 aliphatic carbocycles. The van der Waals surface area contributed by atoms with Crippen molar-refractivity contribution in [1.29, 1.82) is 0 Å². The van der Waals surface area contributed by atoms with Gasteiger partial charge in [0.25, 0.3) is 0 Å². The summed E-state index contributed by atoms with van der Waals surface area (Å²) in [6.07, 6.45) is 1.96. The number of hydrogen-bond acceptors (Lipinski definition) is 3. The van der Waals surface area contributed by atoms with E-state index in [1.54, 1.807) is 14.0 Å². The number of carbonyl (C=O) groups excluding carboxylic acids is 1. The maximum Gasteiger partial charge on any atom is 0.220 e. The van der Waals surface area contributed by atoms with E-state index in [1.165, 1.54) is 5.56 Å². The van der Waals surface area contributed by atoms with Crippen LogP contribution in [0.3, 0.4) is 0 Å². The minimum Gasteiger partial charge on any atom is -0.497 e. The second-order valence-corrected chi connectivity index (χ2v) is 5.13. The van der Waals surface area contributed by atoms with Gasteiger partial charge in [-0.15, -0.1) is 0 Å². The van der Waals surface area contributed by atoms with Crippen LogP contribution in [0.15, 0.2) is 18.2 Å². The van der Waals surface area contributed by atoms with Crippen LogP contribution in [0.4, 0.5) is 0 Å². The van der Waals surface area contributed by atoms with Crippen molar-refractivity contribution in [3.63, 3.8) is 0 Å². The lowest BCUT2D eigenvalue weighted by atomic mass is 9.99. The third-order valence-corrected chi connectivity index (χ3v) is 3.97. The number of methoxy groups -OCH3 is 1. The van der Waals surface area contributed by atoms with Gasteiger partial charge in [-0.2, -0.15) is 0 Å². The molecular formula is C15H22N2O2. The molecule has 0 spiro atoms. The Morgan fingerprint density at radius 2 is 2.21 bits per heavy atom. The zero-order valence-corrected chi connectivity index (χ0v) is 11.8. The quantitative estimate of drug-likeness (QED) is 0.906. The lowest BCUT2D eigenvalue weighted by molar-refractivity contribution is -0.131. The number of ether oxygens (including phenoxy) is 1. The molecule has 0 aromatic heterocycles. The number of nitrogens with zero attached hydrogens (tertiary/aromatic N) is 1. The number of carbonyl (C=O) groups is 1. The first-order valence-electron chi connectivity index (χ1n) is 6.72. The molecule has 0 bridgehead atoms. The van der Waals surface area contributed by atoms with Crippen molar-refractivity contribution in [2.24, 2.45) is 5.73 Å². The monoisotopic (exact) mass is 262 g/mol. The summed E-state index contributed by atoms with van der Waals surface area (Å²) < 4.78 is 5.23. The number of aryl methyl sites for hydroxylation is 1. The zero-order chi connectivity index (χ0) is 14.0. The summed E-state index contributed by atoms with van der Waals surface area (Å²) in [6.45, 7) is 4.22. The Labute approximate surface area is 114 Å². The van der Waals surface area contributed by atoms with E-state index in [1.807, 2.05) is 17.0 Å². The molecule has 1 heterocycles. The molecule has 1 aliphatic rings. The maximum atomic E-state index is 11.9. The second kappa shape index (κ2) is 5.61. The maximum absolute atomic E-state index is 11.9. The first-order chi connectivity index (χ1) is 9.08. The Morgan fingerprint density at radius 1 is 1.47 bits per heavy atom. The van der Waals surface area contributed by atoms with Crippen LogP contribution >= 0.6 is 0 Å². The van der Waals surface area contributed by atoms with Gasteiger partial charge in [0.05, 0.1) is 13.2 Å². The molecule has 1 aromatic carbocycles. The lowest BCUT2D eigenvalue weighted by Gasteiger charge is -2.30. The van der Waals surface area contributed by atoms with Gasteiger partial charge in [0, 0.05) is 19.5 Å². The van der Waals surface area contributed by atoms with Gasteiger partial charge in [-0.3, -0.25) is 4.79 Å². The number of hydrogen-bond donors (Lipinski definition) is 1. The summed E-state index contributed by atoms with van der Waals surface area (Å²) in [6, 6.07) is 6.36. The van der Waals surface area contributed by atoms with Crippen molar-refractivity contribution < 1.29 is 9.53 Å². The largest absolute Gasteiger partial charge is 0.497 e. The number of rotatable bonds is 3. The average molecular weight is 262 g/mol. The Bertz CT molecular complexity index is 473. The van der Waals surface area contributed by atoms with Gasteiger partial charge >= 0.3 is 0 Å². The van der Waals surface area contributed by atoms with Crippen LogP contribution in [0, 0.1) is 6.92 Å². The standard InChI is InChI=1S/C15H22N2O2/c1-10-8-13(19-3)5-6-14(10)15-7-4-12(9-16)17(15)11(2)18/h5-6,8,12,15H,4,7,9,16H2,1-3H3. The number of amides is 1. The summed E-state index contributed by atoms with van der Waals surface area (Å²) in [5, 5.41) is 0. The highest BCUT2D eigenvalue weighted by Gasteiger charge is 2.35. The predicted molar refractivity (Wildman–Crippen MR) is 75.1 cm³/mol. The van der Waals surface area contributed by atoms with Gasteiger partial charge in [0.2, 0.25) is 5.91 Å². The molecule has 2 atom stereocenters. The summed E-state index contributed by atoms with van der Waals surface area (Å²) >= 11 is 0. The molecule has 19 heavy (non-hydrogen) atoms. The zero-order valence-electron chi connectivity index (χ0n) is 11.8. The van der Waals surface area contributed by atoms with Crippen LogP contribution in [0.2, 0.25) is 0 Å². The van der Waals surface area contributed by atoms with Crippen LogP contribution in [0.1, 0.15) is 36.9 Å². The molecule has 0 radical (unpaired) electrons. The number of nitrogens with two attached hydrogens (primary N) is 1. The van der Waals surface area contributed by atoms with Crippen LogP contribution in [0.5, 0.6) is 5.75 Å². The minimum atomic E-state index is 0.105. The highest BCUT2D eigenvalue weighted by atomic mass is 16.5. The molecule has 2 N–H and O–H groups in total. The van der Waals surface area contributed by atoms with E-state index >= 15 is 0 Å². The molecule has 1 aromatic rings. The molecule has 2 unspecified atom stereocenters. The van der Waals surface area contributed by atoms with E-state index in [0.29, 0.717) is 6.54 Å². The molecule has 1 amide bonds. The van der Waals surface area contributed by atoms with Gasteiger partial charge in [0.1, 0.15) is 5.75 Å². The molecule has 1 fully saturated rings. The van der Waals surface area contributed by atoms with Crippen LogP contribution in [-0.2, 0) is 4.79 Å². The first kappa shape index (κ1) is 13.9. The fourth-order valence-corrected chi connectivity index (χ4v) is 3.05.